The van der Waals surface area contributed by atoms with Crippen LogP contribution in [0.4, 0.5) is 16.2 Å². The van der Waals surface area contributed by atoms with Crippen molar-refractivity contribution in [3.8, 4) is 17.0 Å². The van der Waals surface area contributed by atoms with Gasteiger partial charge in [0, 0.05) is 48.9 Å². The minimum absolute atomic E-state index is 0.498. The minimum Gasteiger partial charge on any atom is -0.493 e. The van der Waals surface area contributed by atoms with Crippen molar-refractivity contribution in [3.05, 3.63) is 42.5 Å². The van der Waals surface area contributed by atoms with Gasteiger partial charge in [0.15, 0.2) is 0 Å². The summed E-state index contributed by atoms with van der Waals surface area (Å²) in [4.78, 5) is 13.9. The van der Waals surface area contributed by atoms with E-state index >= 15 is 0 Å². The lowest BCUT2D eigenvalue weighted by atomic mass is 10.1. The Kier molecular flexibility index (Phi) is 7.36. The highest BCUT2D eigenvalue weighted by Crippen LogP contribution is 2.38. The van der Waals surface area contributed by atoms with Crippen LogP contribution in [0.3, 0.4) is 0 Å². The molecule has 8 nitrogen and oxygen atoms in total. The number of aryl methyl sites for hydroxylation is 1. The van der Waals surface area contributed by atoms with E-state index in [4.69, 9.17) is 15.2 Å². The van der Waals surface area contributed by atoms with E-state index in [0.29, 0.717) is 12.3 Å². The van der Waals surface area contributed by atoms with E-state index in [-0.39, 0.29) is 0 Å². The lowest BCUT2D eigenvalue weighted by molar-refractivity contribution is 0.0358. The van der Waals surface area contributed by atoms with Crippen molar-refractivity contribution < 1.29 is 19.0 Å². The number of rotatable bonds is 8. The Morgan fingerprint density at radius 3 is 2.61 bits per heavy atom. The number of carbonyl (C=O) groups is 1. The fourth-order valence-corrected chi connectivity index (χ4v) is 4.27. The summed E-state index contributed by atoms with van der Waals surface area (Å²) in [5, 5.41) is 3.67. The molecule has 3 N–H and O–H groups in total. The fourth-order valence-electron chi connectivity index (χ4n) is 4.27. The number of anilines is 2. The zero-order valence-corrected chi connectivity index (χ0v) is 19.3. The lowest BCUT2D eigenvalue weighted by Crippen LogP contribution is -2.37. The number of methoxy groups -OCH3 is 1. The first-order valence-corrected chi connectivity index (χ1v) is 11.4. The highest BCUT2D eigenvalue weighted by molar-refractivity contribution is 6.01. The average molecular weight is 453 g/mol. The van der Waals surface area contributed by atoms with Crippen molar-refractivity contribution in [1.82, 2.24) is 9.47 Å². The van der Waals surface area contributed by atoms with Gasteiger partial charge in [-0.2, -0.15) is 0 Å². The molecule has 1 aliphatic heterocycles. The highest BCUT2D eigenvalue weighted by atomic mass is 16.5. The smallest absolute Gasteiger partial charge is 0.411 e. The summed E-state index contributed by atoms with van der Waals surface area (Å²) >= 11 is 0. The van der Waals surface area contributed by atoms with Gasteiger partial charge < -0.3 is 24.5 Å². The Balaban J connectivity index is 1.50. The van der Waals surface area contributed by atoms with Crippen LogP contribution in [0.1, 0.15) is 13.3 Å². The third kappa shape index (κ3) is 5.23. The predicted octanol–water partition coefficient (Wildman–Crippen LogP) is 4.19. The molecule has 0 bridgehead atoms. The van der Waals surface area contributed by atoms with Gasteiger partial charge >= 0.3 is 6.09 Å². The number of aromatic nitrogens is 1. The van der Waals surface area contributed by atoms with Gasteiger partial charge in [-0.15, -0.1) is 0 Å². The summed E-state index contributed by atoms with van der Waals surface area (Å²) in [6, 6.07) is 13.7. The minimum atomic E-state index is -0.498. The third-order valence-corrected chi connectivity index (χ3v) is 5.97. The number of hydrogen-bond acceptors (Lipinski definition) is 6. The van der Waals surface area contributed by atoms with Gasteiger partial charge in [0.25, 0.3) is 0 Å². The second-order valence-corrected chi connectivity index (χ2v) is 8.04. The maximum atomic E-state index is 11.4. The largest absolute Gasteiger partial charge is 0.493 e. The number of fused-ring (bicyclic) bond motifs is 1. The van der Waals surface area contributed by atoms with Crippen LogP contribution in [-0.2, 0) is 16.0 Å². The number of nitrogens with zero attached hydrogens (tertiary/aromatic N) is 2. The van der Waals surface area contributed by atoms with Crippen LogP contribution in [-0.4, -0.2) is 62.1 Å². The maximum absolute atomic E-state index is 11.4. The number of benzene rings is 2. The number of nitrogens with two attached hydrogens (primary N) is 1. The lowest BCUT2D eigenvalue weighted by Gasteiger charge is -2.26. The number of ether oxygens (including phenoxy) is 3. The molecule has 0 saturated carbocycles. The van der Waals surface area contributed by atoms with Crippen LogP contribution in [0.15, 0.2) is 42.5 Å². The van der Waals surface area contributed by atoms with Gasteiger partial charge in [-0.1, -0.05) is 12.1 Å². The van der Waals surface area contributed by atoms with Crippen LogP contribution in [0, 0.1) is 0 Å². The molecule has 2 aromatic carbocycles. The number of hydrogen-bond donors (Lipinski definition) is 2. The summed E-state index contributed by atoms with van der Waals surface area (Å²) in [7, 11) is 1.34. The van der Waals surface area contributed by atoms with Gasteiger partial charge in [-0.3, -0.25) is 10.2 Å². The van der Waals surface area contributed by atoms with E-state index in [0.717, 1.165) is 79.4 Å². The van der Waals surface area contributed by atoms with E-state index in [9.17, 15) is 4.79 Å². The molecule has 3 aromatic rings. The molecule has 1 amide bonds. The summed E-state index contributed by atoms with van der Waals surface area (Å²) in [6.45, 7) is 8.20. The summed E-state index contributed by atoms with van der Waals surface area (Å²) in [5.74, 6) is 0.848. The molecule has 0 aliphatic carbocycles. The quantitative estimate of drug-likeness (QED) is 0.498. The molecular formula is C25H32N4O4. The molecule has 8 heteroatoms. The van der Waals surface area contributed by atoms with E-state index in [1.165, 1.54) is 7.11 Å². The average Bonchev–Trinajstić information content (AvgIpc) is 3.13. The number of nitrogen functional groups attached to an aromatic ring is 1. The second kappa shape index (κ2) is 10.6. The van der Waals surface area contributed by atoms with E-state index in [1.54, 1.807) is 0 Å². The molecule has 1 saturated heterocycles. The topological polar surface area (TPSA) is 91.0 Å². The number of amides is 1. The number of morpholine rings is 1. The third-order valence-electron chi connectivity index (χ3n) is 5.97. The fraction of sp³-hybridized carbons (Fsp3) is 0.400. The molecule has 0 atom stereocenters. The van der Waals surface area contributed by atoms with Crippen LogP contribution < -0.4 is 15.8 Å². The first kappa shape index (κ1) is 22.9. The van der Waals surface area contributed by atoms with Crippen molar-refractivity contribution in [2.75, 3.05) is 57.6 Å². The Hall–Kier alpha value is -3.23. The molecule has 176 valence electrons. The van der Waals surface area contributed by atoms with Crippen LogP contribution in [0.25, 0.3) is 22.2 Å². The van der Waals surface area contributed by atoms with Gasteiger partial charge in [0.05, 0.1) is 43.8 Å². The van der Waals surface area contributed by atoms with E-state index < -0.39 is 6.09 Å². The zero-order valence-electron chi connectivity index (χ0n) is 19.3. The molecule has 1 fully saturated rings. The standard InChI is InChI=1S/C25H32N4O4/c1-3-29-22-17-20(33-14-4-11-28-12-15-32-16-13-28)9-10-21(22)23(26)24(29)18-5-7-19(8-6-18)27-25(30)31-2/h5-10,17H,3-4,11-16,26H2,1-2H3,(H,27,30). The Morgan fingerprint density at radius 2 is 1.91 bits per heavy atom. The van der Waals surface area contributed by atoms with Crippen LogP contribution >= 0.6 is 0 Å². The van der Waals surface area contributed by atoms with Gasteiger partial charge in [-0.05, 0) is 37.6 Å². The monoisotopic (exact) mass is 452 g/mol. The molecule has 0 spiro atoms. The number of carbonyl (C=O) groups excluding carboxylic acids is 1. The molecule has 1 aromatic heterocycles. The molecule has 1 aliphatic rings. The molecule has 4 rings (SSSR count). The van der Waals surface area contributed by atoms with Crippen molar-refractivity contribution >= 4 is 28.4 Å². The molecular weight excluding hydrogens is 420 g/mol. The van der Waals surface area contributed by atoms with Crippen LogP contribution in [0.5, 0.6) is 5.75 Å². The summed E-state index contributed by atoms with van der Waals surface area (Å²) < 4.78 is 18.3. The van der Waals surface area contributed by atoms with Crippen molar-refractivity contribution in [2.24, 2.45) is 0 Å². The van der Waals surface area contributed by atoms with E-state index in [2.05, 4.69) is 32.5 Å². The Labute approximate surface area is 194 Å². The van der Waals surface area contributed by atoms with Crippen molar-refractivity contribution in [1.29, 1.82) is 0 Å². The van der Waals surface area contributed by atoms with Gasteiger partial charge in [0.2, 0.25) is 0 Å². The molecule has 0 radical (unpaired) electrons. The van der Waals surface area contributed by atoms with Gasteiger partial charge in [0.1, 0.15) is 5.75 Å². The summed E-state index contributed by atoms with van der Waals surface area (Å²) in [5.41, 5.74) is 11.0. The first-order valence-electron chi connectivity index (χ1n) is 11.4. The SMILES string of the molecule is CCn1c(-c2ccc(NC(=O)OC)cc2)c(N)c2ccc(OCCCN3CCOCC3)cc21. The predicted molar refractivity (Wildman–Crippen MR) is 131 cm³/mol. The maximum Gasteiger partial charge on any atom is 0.411 e. The van der Waals surface area contributed by atoms with Crippen molar-refractivity contribution in [2.45, 2.75) is 19.9 Å². The second-order valence-electron chi connectivity index (χ2n) is 8.04. The van der Waals surface area contributed by atoms with Crippen molar-refractivity contribution in [3.63, 3.8) is 0 Å². The molecule has 0 unspecified atom stereocenters. The Morgan fingerprint density at radius 1 is 1.15 bits per heavy atom. The highest BCUT2D eigenvalue weighted by Gasteiger charge is 2.17. The number of nitrogens with one attached hydrogen (secondary N) is 1. The summed E-state index contributed by atoms with van der Waals surface area (Å²) in [6.07, 6.45) is 0.481. The van der Waals surface area contributed by atoms with Crippen LogP contribution in [0.2, 0.25) is 0 Å². The van der Waals surface area contributed by atoms with E-state index in [1.807, 2.05) is 36.4 Å². The molecule has 2 heterocycles. The Bertz CT molecular complexity index is 1090. The van der Waals surface area contributed by atoms with Gasteiger partial charge in [-0.25, -0.2) is 4.79 Å². The zero-order chi connectivity index (χ0) is 23.2. The first-order chi connectivity index (χ1) is 16.1. The molecule has 33 heavy (non-hydrogen) atoms. The normalized spacial score (nSPS) is 14.4.